The first-order valence-corrected chi connectivity index (χ1v) is 9.47. The summed E-state index contributed by atoms with van der Waals surface area (Å²) in [6.07, 6.45) is 3.72. The first kappa shape index (κ1) is 17.3. The van der Waals surface area contributed by atoms with Crippen LogP contribution in [-0.4, -0.2) is 27.3 Å². The molecular formula is C16H23ClN2O2S. The van der Waals surface area contributed by atoms with Crippen molar-refractivity contribution in [1.29, 1.82) is 0 Å². The molecule has 2 rings (SSSR count). The molecule has 0 heterocycles. The minimum Gasteiger partial charge on any atom is -0.335 e. The van der Waals surface area contributed by atoms with Crippen molar-refractivity contribution in [2.75, 3.05) is 11.1 Å². The predicted octanol–water partition coefficient (Wildman–Crippen LogP) is 3.85. The van der Waals surface area contributed by atoms with Crippen molar-refractivity contribution in [2.45, 2.75) is 50.8 Å². The van der Waals surface area contributed by atoms with Crippen LogP contribution in [0.1, 0.15) is 38.2 Å². The van der Waals surface area contributed by atoms with Crippen LogP contribution in [0.3, 0.4) is 0 Å². The van der Waals surface area contributed by atoms with Crippen molar-refractivity contribution in [3.63, 3.8) is 0 Å². The molecule has 2 amide bonds. The van der Waals surface area contributed by atoms with Gasteiger partial charge in [-0.25, -0.2) is 4.79 Å². The highest BCUT2D eigenvalue weighted by atomic mass is 35.5. The van der Waals surface area contributed by atoms with Crippen LogP contribution in [0, 0.1) is 6.92 Å². The third kappa shape index (κ3) is 4.46. The van der Waals surface area contributed by atoms with Crippen LogP contribution in [0.5, 0.6) is 0 Å². The molecule has 0 aliphatic heterocycles. The summed E-state index contributed by atoms with van der Waals surface area (Å²) in [4.78, 5) is 12.2. The maximum atomic E-state index is 12.2. The van der Waals surface area contributed by atoms with Crippen LogP contribution in [0.15, 0.2) is 18.2 Å². The van der Waals surface area contributed by atoms with Crippen molar-refractivity contribution in [3.05, 3.63) is 28.8 Å². The molecule has 0 aromatic heterocycles. The maximum absolute atomic E-state index is 12.2. The Morgan fingerprint density at radius 2 is 2.18 bits per heavy atom. The van der Waals surface area contributed by atoms with E-state index in [2.05, 4.69) is 10.6 Å². The first-order valence-electron chi connectivity index (χ1n) is 7.71. The second kappa shape index (κ2) is 7.97. The Morgan fingerprint density at radius 1 is 1.41 bits per heavy atom. The molecule has 1 saturated carbocycles. The van der Waals surface area contributed by atoms with Gasteiger partial charge in [-0.15, -0.1) is 0 Å². The number of anilines is 1. The fourth-order valence-corrected chi connectivity index (χ4v) is 4.49. The zero-order chi connectivity index (χ0) is 16.1. The quantitative estimate of drug-likeness (QED) is 0.873. The number of rotatable bonds is 4. The van der Waals surface area contributed by atoms with Gasteiger partial charge in [-0.2, -0.15) is 0 Å². The van der Waals surface area contributed by atoms with Crippen molar-refractivity contribution in [1.82, 2.24) is 5.32 Å². The molecule has 22 heavy (non-hydrogen) atoms. The standard InChI is InChI=1S/C16H23ClN2O2S/c1-3-22(21)13-8-5-7-12(10-13)18-16(20)19-15-11(2)6-4-9-14(15)17/h4,6,9,12-13H,3,5,7-8,10H2,1-2H3,(H2,18,19,20)/t12-,13+,22+/m0/s1. The van der Waals surface area contributed by atoms with Crippen LogP contribution in [0.25, 0.3) is 0 Å². The molecular weight excluding hydrogens is 320 g/mol. The van der Waals surface area contributed by atoms with Crippen LogP contribution in [0.4, 0.5) is 10.5 Å². The second-order valence-corrected chi connectivity index (χ2v) is 8.10. The number of amides is 2. The number of benzene rings is 1. The van der Waals surface area contributed by atoms with Crippen molar-refractivity contribution < 1.29 is 9.00 Å². The molecule has 1 fully saturated rings. The lowest BCUT2D eigenvalue weighted by atomic mass is 9.95. The number of carbonyl (C=O) groups excluding carboxylic acids is 1. The van der Waals surface area contributed by atoms with Crippen molar-refractivity contribution >= 4 is 34.1 Å². The first-order chi connectivity index (χ1) is 10.5. The van der Waals surface area contributed by atoms with Gasteiger partial charge in [-0.3, -0.25) is 4.21 Å². The summed E-state index contributed by atoms with van der Waals surface area (Å²) in [5, 5.41) is 6.54. The van der Waals surface area contributed by atoms with E-state index in [-0.39, 0.29) is 17.3 Å². The van der Waals surface area contributed by atoms with E-state index < -0.39 is 10.8 Å². The third-order valence-electron chi connectivity index (χ3n) is 4.08. The summed E-state index contributed by atoms with van der Waals surface area (Å²) in [7, 11) is -0.787. The molecule has 0 saturated heterocycles. The number of halogens is 1. The van der Waals surface area contributed by atoms with Crippen molar-refractivity contribution in [3.8, 4) is 0 Å². The highest BCUT2D eigenvalue weighted by Crippen LogP contribution is 2.26. The highest BCUT2D eigenvalue weighted by Gasteiger charge is 2.26. The summed E-state index contributed by atoms with van der Waals surface area (Å²) >= 11 is 6.12. The molecule has 0 unspecified atom stereocenters. The predicted molar refractivity (Wildman–Crippen MR) is 93.1 cm³/mol. The second-order valence-electron chi connectivity index (χ2n) is 5.69. The lowest BCUT2D eigenvalue weighted by Gasteiger charge is -2.29. The molecule has 2 N–H and O–H groups in total. The Balaban J connectivity index is 1.93. The molecule has 4 nitrogen and oxygen atoms in total. The van der Waals surface area contributed by atoms with E-state index in [1.807, 2.05) is 26.0 Å². The van der Waals surface area contributed by atoms with Gasteiger partial charge in [0.25, 0.3) is 0 Å². The van der Waals surface area contributed by atoms with Gasteiger partial charge >= 0.3 is 6.03 Å². The Kier molecular flexibility index (Phi) is 6.26. The Bertz CT molecular complexity index is 545. The number of para-hydroxylation sites is 1. The lowest BCUT2D eigenvalue weighted by Crippen LogP contribution is -2.43. The van der Waals surface area contributed by atoms with Crippen LogP contribution < -0.4 is 10.6 Å². The SMILES string of the molecule is CC[S@@](=O)[C@@H]1CCC[C@H](NC(=O)Nc2c(C)cccc2Cl)C1. The Hall–Kier alpha value is -1.07. The summed E-state index contributed by atoms with van der Waals surface area (Å²) in [5.74, 6) is 0.683. The van der Waals surface area contributed by atoms with E-state index in [4.69, 9.17) is 11.6 Å². The summed E-state index contributed by atoms with van der Waals surface area (Å²) in [5.41, 5.74) is 1.57. The number of aryl methyl sites for hydroxylation is 1. The fraction of sp³-hybridized carbons (Fsp3) is 0.562. The molecule has 0 bridgehead atoms. The number of carbonyl (C=O) groups is 1. The largest absolute Gasteiger partial charge is 0.335 e. The average molecular weight is 343 g/mol. The van der Waals surface area contributed by atoms with Crippen LogP contribution in [0.2, 0.25) is 5.02 Å². The van der Waals surface area contributed by atoms with Crippen LogP contribution in [-0.2, 0) is 10.8 Å². The van der Waals surface area contributed by atoms with Crippen LogP contribution >= 0.6 is 11.6 Å². The monoisotopic (exact) mass is 342 g/mol. The van der Waals surface area contributed by atoms with Gasteiger partial charge in [0.2, 0.25) is 0 Å². The molecule has 0 radical (unpaired) electrons. The Morgan fingerprint density at radius 3 is 2.86 bits per heavy atom. The maximum Gasteiger partial charge on any atom is 0.319 e. The summed E-state index contributed by atoms with van der Waals surface area (Å²) in [6.45, 7) is 3.85. The molecule has 122 valence electrons. The molecule has 0 spiro atoms. The van der Waals surface area contributed by atoms with Gasteiger partial charge in [-0.1, -0.05) is 37.1 Å². The zero-order valence-electron chi connectivity index (χ0n) is 13.0. The number of urea groups is 1. The highest BCUT2D eigenvalue weighted by molar-refractivity contribution is 7.85. The number of hydrogen-bond donors (Lipinski definition) is 2. The molecule has 1 aromatic rings. The van der Waals surface area contributed by atoms with E-state index in [9.17, 15) is 9.00 Å². The number of nitrogens with one attached hydrogen (secondary N) is 2. The molecule has 6 heteroatoms. The molecule has 3 atom stereocenters. The molecule has 1 aliphatic carbocycles. The van der Waals surface area contributed by atoms with Gasteiger partial charge in [0.15, 0.2) is 0 Å². The average Bonchev–Trinajstić information content (AvgIpc) is 2.50. The third-order valence-corrected chi connectivity index (χ3v) is 6.13. The van der Waals surface area contributed by atoms with E-state index in [1.54, 1.807) is 6.07 Å². The lowest BCUT2D eigenvalue weighted by molar-refractivity contribution is 0.244. The minimum absolute atomic E-state index is 0.0806. The van der Waals surface area contributed by atoms with Crippen molar-refractivity contribution in [2.24, 2.45) is 0 Å². The van der Waals surface area contributed by atoms with E-state index in [0.717, 1.165) is 31.2 Å². The molecule has 1 aliphatic rings. The Labute approximate surface area is 139 Å². The van der Waals surface area contributed by atoms with E-state index in [1.165, 1.54) is 0 Å². The van der Waals surface area contributed by atoms with Gasteiger partial charge < -0.3 is 10.6 Å². The summed E-state index contributed by atoms with van der Waals surface area (Å²) < 4.78 is 11.9. The fourth-order valence-electron chi connectivity index (χ4n) is 2.88. The summed E-state index contributed by atoms with van der Waals surface area (Å²) in [6, 6.07) is 5.35. The molecule has 1 aromatic carbocycles. The normalized spacial score (nSPS) is 22.9. The smallest absolute Gasteiger partial charge is 0.319 e. The minimum atomic E-state index is -0.787. The van der Waals surface area contributed by atoms with E-state index in [0.29, 0.717) is 16.5 Å². The van der Waals surface area contributed by atoms with Gasteiger partial charge in [0.05, 0.1) is 10.7 Å². The van der Waals surface area contributed by atoms with Gasteiger partial charge in [0.1, 0.15) is 0 Å². The van der Waals surface area contributed by atoms with Gasteiger partial charge in [-0.05, 0) is 37.8 Å². The topological polar surface area (TPSA) is 58.2 Å². The van der Waals surface area contributed by atoms with Gasteiger partial charge in [0, 0.05) is 27.8 Å². The zero-order valence-corrected chi connectivity index (χ0v) is 14.6. The number of hydrogen-bond acceptors (Lipinski definition) is 2. The van der Waals surface area contributed by atoms with E-state index >= 15 is 0 Å².